The molecule has 2 rings (SSSR count). The number of esters is 1. The van der Waals surface area contributed by atoms with Gasteiger partial charge in [0.2, 0.25) is 0 Å². The summed E-state index contributed by atoms with van der Waals surface area (Å²) in [4.78, 5) is 11.4. The highest BCUT2D eigenvalue weighted by atomic mass is 16.5. The van der Waals surface area contributed by atoms with Gasteiger partial charge in [-0.2, -0.15) is 0 Å². The van der Waals surface area contributed by atoms with Gasteiger partial charge in [0.1, 0.15) is 0 Å². The molecule has 0 radical (unpaired) electrons. The number of carbonyl (C=O) groups is 1. The Hall–Kier alpha value is -0.570. The third kappa shape index (κ3) is 3.21. The summed E-state index contributed by atoms with van der Waals surface area (Å²) in [6, 6.07) is 1.27. The topological polar surface area (TPSA) is 38.3 Å². The predicted molar refractivity (Wildman–Crippen MR) is 67.7 cm³/mol. The molecule has 3 nitrogen and oxygen atoms in total. The van der Waals surface area contributed by atoms with Crippen LogP contribution in [0, 0.1) is 11.8 Å². The molecule has 0 aliphatic heterocycles. The van der Waals surface area contributed by atoms with Gasteiger partial charge in [-0.1, -0.05) is 6.42 Å². The Morgan fingerprint density at radius 2 is 1.82 bits per heavy atom. The summed E-state index contributed by atoms with van der Waals surface area (Å²) >= 11 is 0. The van der Waals surface area contributed by atoms with Crippen molar-refractivity contribution in [2.45, 2.75) is 64.0 Å². The molecule has 0 bridgehead atoms. The summed E-state index contributed by atoms with van der Waals surface area (Å²) < 4.78 is 4.81. The smallest absolute Gasteiger partial charge is 0.308 e. The second kappa shape index (κ2) is 5.85. The highest BCUT2D eigenvalue weighted by molar-refractivity contribution is 5.72. The number of rotatable bonds is 4. The molecule has 0 aromatic heterocycles. The molecule has 0 saturated heterocycles. The number of hydrogen-bond acceptors (Lipinski definition) is 3. The Labute approximate surface area is 104 Å². The van der Waals surface area contributed by atoms with Crippen LogP contribution in [0.3, 0.4) is 0 Å². The Kier molecular flexibility index (Phi) is 4.43. The molecule has 1 atom stereocenters. The van der Waals surface area contributed by atoms with Crippen LogP contribution in [0.5, 0.6) is 0 Å². The van der Waals surface area contributed by atoms with Gasteiger partial charge >= 0.3 is 5.97 Å². The van der Waals surface area contributed by atoms with Gasteiger partial charge in [-0.05, 0) is 51.4 Å². The van der Waals surface area contributed by atoms with Crippen molar-refractivity contribution in [1.82, 2.24) is 5.32 Å². The van der Waals surface area contributed by atoms with Crippen LogP contribution >= 0.6 is 0 Å². The molecule has 17 heavy (non-hydrogen) atoms. The lowest BCUT2D eigenvalue weighted by atomic mass is 9.79. The van der Waals surface area contributed by atoms with Crippen molar-refractivity contribution in [3.63, 3.8) is 0 Å². The van der Waals surface area contributed by atoms with E-state index < -0.39 is 0 Å². The number of ether oxygens (including phenoxy) is 1. The Balaban J connectivity index is 1.69. The standard InChI is InChI=1S/C14H25NO2/c1-10(11-4-3-5-11)15-13-8-6-12(7-9-13)14(16)17-2/h10-13,15H,3-9H2,1-2H3. The molecule has 2 fully saturated rings. The van der Waals surface area contributed by atoms with Crippen LogP contribution in [0.2, 0.25) is 0 Å². The monoisotopic (exact) mass is 239 g/mol. The van der Waals surface area contributed by atoms with Crippen molar-refractivity contribution < 1.29 is 9.53 Å². The van der Waals surface area contributed by atoms with Gasteiger partial charge in [-0.15, -0.1) is 0 Å². The van der Waals surface area contributed by atoms with Gasteiger partial charge in [0.25, 0.3) is 0 Å². The van der Waals surface area contributed by atoms with Gasteiger partial charge in [0.15, 0.2) is 0 Å². The minimum Gasteiger partial charge on any atom is -0.469 e. The maximum Gasteiger partial charge on any atom is 0.308 e. The minimum absolute atomic E-state index is 0.0181. The molecule has 0 aromatic rings. The van der Waals surface area contributed by atoms with Crippen LogP contribution in [-0.2, 0) is 9.53 Å². The average Bonchev–Trinajstić information content (AvgIpc) is 2.26. The first kappa shape index (κ1) is 12.9. The molecule has 2 saturated carbocycles. The lowest BCUT2D eigenvalue weighted by Gasteiger charge is -2.36. The van der Waals surface area contributed by atoms with E-state index in [9.17, 15) is 4.79 Å². The summed E-state index contributed by atoms with van der Waals surface area (Å²) in [5, 5.41) is 3.75. The third-order valence-corrected chi connectivity index (χ3v) is 4.62. The number of methoxy groups -OCH3 is 1. The zero-order valence-electron chi connectivity index (χ0n) is 11.1. The molecule has 0 spiro atoms. The molecule has 1 unspecified atom stereocenters. The lowest BCUT2D eigenvalue weighted by molar-refractivity contribution is -0.146. The van der Waals surface area contributed by atoms with Gasteiger partial charge < -0.3 is 10.1 Å². The van der Waals surface area contributed by atoms with Crippen molar-refractivity contribution >= 4 is 5.97 Å². The number of carbonyl (C=O) groups excluding carboxylic acids is 1. The van der Waals surface area contributed by atoms with Gasteiger partial charge in [0.05, 0.1) is 13.0 Å². The minimum atomic E-state index is -0.0181. The van der Waals surface area contributed by atoms with Crippen molar-refractivity contribution in [2.24, 2.45) is 11.8 Å². The van der Waals surface area contributed by atoms with E-state index in [0.717, 1.165) is 31.6 Å². The van der Waals surface area contributed by atoms with Crippen molar-refractivity contribution in [3.05, 3.63) is 0 Å². The van der Waals surface area contributed by atoms with E-state index in [-0.39, 0.29) is 11.9 Å². The third-order valence-electron chi connectivity index (χ3n) is 4.62. The van der Waals surface area contributed by atoms with Gasteiger partial charge in [0, 0.05) is 12.1 Å². The molecule has 1 N–H and O–H groups in total. The van der Waals surface area contributed by atoms with E-state index in [2.05, 4.69) is 12.2 Å². The molecule has 0 amide bonds. The summed E-state index contributed by atoms with van der Waals surface area (Å²) in [6.45, 7) is 2.32. The fraction of sp³-hybridized carbons (Fsp3) is 0.929. The molecule has 0 heterocycles. The quantitative estimate of drug-likeness (QED) is 0.766. The van der Waals surface area contributed by atoms with Crippen LogP contribution in [0.4, 0.5) is 0 Å². The van der Waals surface area contributed by atoms with Gasteiger partial charge in [-0.25, -0.2) is 0 Å². The van der Waals surface area contributed by atoms with Crippen LogP contribution < -0.4 is 5.32 Å². The van der Waals surface area contributed by atoms with Crippen LogP contribution in [0.25, 0.3) is 0 Å². The predicted octanol–water partition coefficient (Wildman–Crippen LogP) is 2.50. The van der Waals surface area contributed by atoms with E-state index in [1.807, 2.05) is 0 Å². The van der Waals surface area contributed by atoms with Crippen LogP contribution in [-0.4, -0.2) is 25.2 Å². The van der Waals surface area contributed by atoms with E-state index >= 15 is 0 Å². The zero-order chi connectivity index (χ0) is 12.3. The fourth-order valence-electron chi connectivity index (χ4n) is 3.11. The summed E-state index contributed by atoms with van der Waals surface area (Å²) in [5.41, 5.74) is 0. The Morgan fingerprint density at radius 3 is 2.29 bits per heavy atom. The number of nitrogens with one attached hydrogen (secondary N) is 1. The van der Waals surface area contributed by atoms with E-state index in [1.54, 1.807) is 0 Å². The highest BCUT2D eigenvalue weighted by Crippen LogP contribution is 2.31. The largest absolute Gasteiger partial charge is 0.469 e. The highest BCUT2D eigenvalue weighted by Gasteiger charge is 2.30. The number of hydrogen-bond donors (Lipinski definition) is 1. The second-order valence-electron chi connectivity index (χ2n) is 5.72. The first-order valence-electron chi connectivity index (χ1n) is 7.04. The molecule has 0 aromatic carbocycles. The second-order valence-corrected chi connectivity index (χ2v) is 5.72. The summed E-state index contributed by atoms with van der Waals surface area (Å²) in [5.74, 6) is 1.03. The van der Waals surface area contributed by atoms with E-state index in [0.29, 0.717) is 12.1 Å². The molecule has 3 heteroatoms. The summed E-state index contributed by atoms with van der Waals surface area (Å²) in [6.07, 6.45) is 8.42. The summed E-state index contributed by atoms with van der Waals surface area (Å²) in [7, 11) is 1.49. The fourth-order valence-corrected chi connectivity index (χ4v) is 3.11. The lowest BCUT2D eigenvalue weighted by Crippen LogP contribution is -2.45. The van der Waals surface area contributed by atoms with E-state index in [4.69, 9.17) is 4.74 Å². The van der Waals surface area contributed by atoms with Crippen molar-refractivity contribution in [2.75, 3.05) is 7.11 Å². The first-order valence-corrected chi connectivity index (χ1v) is 7.04. The normalized spacial score (nSPS) is 31.6. The van der Waals surface area contributed by atoms with Crippen LogP contribution in [0.1, 0.15) is 51.9 Å². The molecule has 2 aliphatic carbocycles. The van der Waals surface area contributed by atoms with Gasteiger partial charge in [-0.3, -0.25) is 4.79 Å². The van der Waals surface area contributed by atoms with Crippen molar-refractivity contribution in [3.8, 4) is 0 Å². The molecule has 98 valence electrons. The maximum atomic E-state index is 11.4. The molecule has 2 aliphatic rings. The van der Waals surface area contributed by atoms with Crippen molar-refractivity contribution in [1.29, 1.82) is 0 Å². The Morgan fingerprint density at radius 1 is 1.18 bits per heavy atom. The Bertz CT molecular complexity index is 255. The first-order chi connectivity index (χ1) is 8.20. The van der Waals surface area contributed by atoms with E-state index in [1.165, 1.54) is 26.4 Å². The maximum absolute atomic E-state index is 11.4. The zero-order valence-corrected chi connectivity index (χ0v) is 11.1. The molecular formula is C14H25NO2. The average molecular weight is 239 g/mol. The van der Waals surface area contributed by atoms with Crippen LogP contribution in [0.15, 0.2) is 0 Å². The SMILES string of the molecule is COC(=O)C1CCC(NC(C)C2CCC2)CC1. The molecular weight excluding hydrogens is 214 g/mol.